The first-order valence-electron chi connectivity index (χ1n) is 7.52. The van der Waals surface area contributed by atoms with Crippen LogP contribution in [0.15, 0.2) is 24.3 Å². The average molecular weight is 327 g/mol. The second-order valence-corrected chi connectivity index (χ2v) is 8.50. The van der Waals surface area contributed by atoms with Gasteiger partial charge in [-0.2, -0.15) is 0 Å². The molecule has 1 aliphatic rings. The van der Waals surface area contributed by atoms with E-state index in [9.17, 15) is 17.6 Å². The Labute approximate surface area is 131 Å². The van der Waals surface area contributed by atoms with E-state index < -0.39 is 9.84 Å². The molecular weight excluding hydrogens is 305 g/mol. The Hall–Kier alpha value is -1.43. The summed E-state index contributed by atoms with van der Waals surface area (Å²) in [6, 6.07) is 5.91. The van der Waals surface area contributed by atoms with Crippen LogP contribution in [0.5, 0.6) is 0 Å². The van der Waals surface area contributed by atoms with Gasteiger partial charge < -0.3 is 5.32 Å². The average Bonchev–Trinajstić information content (AvgIpc) is 2.76. The van der Waals surface area contributed by atoms with Crippen LogP contribution in [0, 0.1) is 11.7 Å². The largest absolute Gasteiger partial charge is 0.352 e. The van der Waals surface area contributed by atoms with Gasteiger partial charge >= 0.3 is 0 Å². The predicted octanol–water partition coefficient (Wildman–Crippen LogP) is 2.26. The van der Waals surface area contributed by atoms with Crippen LogP contribution in [-0.2, 0) is 14.6 Å². The van der Waals surface area contributed by atoms with Crippen molar-refractivity contribution in [3.63, 3.8) is 0 Å². The lowest BCUT2D eigenvalue weighted by atomic mass is 9.85. The maximum absolute atomic E-state index is 13.0. The van der Waals surface area contributed by atoms with Gasteiger partial charge in [0.1, 0.15) is 5.82 Å². The molecule has 2 rings (SSSR count). The molecule has 1 amide bonds. The molecule has 2 unspecified atom stereocenters. The van der Waals surface area contributed by atoms with Gasteiger partial charge in [0, 0.05) is 12.5 Å². The fourth-order valence-corrected chi connectivity index (χ4v) is 4.52. The molecule has 0 saturated carbocycles. The number of hydrogen-bond acceptors (Lipinski definition) is 3. The van der Waals surface area contributed by atoms with E-state index in [2.05, 4.69) is 5.32 Å². The monoisotopic (exact) mass is 327 g/mol. The number of hydrogen-bond donors (Lipinski definition) is 1. The van der Waals surface area contributed by atoms with Gasteiger partial charge in [0.15, 0.2) is 9.84 Å². The summed E-state index contributed by atoms with van der Waals surface area (Å²) >= 11 is 0. The molecule has 0 radical (unpaired) electrons. The summed E-state index contributed by atoms with van der Waals surface area (Å²) in [4.78, 5) is 12.2. The van der Waals surface area contributed by atoms with Crippen molar-refractivity contribution in [2.24, 2.45) is 5.92 Å². The Balaban J connectivity index is 1.99. The summed E-state index contributed by atoms with van der Waals surface area (Å²) in [5.41, 5.74) is 0.922. The number of benzene rings is 1. The Morgan fingerprint density at radius 1 is 1.32 bits per heavy atom. The maximum atomic E-state index is 13.0. The van der Waals surface area contributed by atoms with Crippen molar-refractivity contribution in [3.05, 3.63) is 35.6 Å². The zero-order valence-corrected chi connectivity index (χ0v) is 13.7. The molecule has 22 heavy (non-hydrogen) atoms. The zero-order valence-electron chi connectivity index (χ0n) is 12.9. The molecule has 1 aromatic carbocycles. The van der Waals surface area contributed by atoms with E-state index in [1.165, 1.54) is 12.1 Å². The first-order chi connectivity index (χ1) is 10.3. The third kappa shape index (κ3) is 4.53. The van der Waals surface area contributed by atoms with Crippen LogP contribution in [0.25, 0.3) is 0 Å². The number of carbonyl (C=O) groups is 1. The van der Waals surface area contributed by atoms with Gasteiger partial charge in [-0.1, -0.05) is 26.0 Å². The van der Waals surface area contributed by atoms with Crippen molar-refractivity contribution in [1.82, 2.24) is 5.32 Å². The normalized spacial score (nSPS) is 21.7. The van der Waals surface area contributed by atoms with E-state index in [0.717, 1.165) is 5.56 Å². The van der Waals surface area contributed by atoms with Crippen molar-refractivity contribution < 1.29 is 17.6 Å². The highest BCUT2D eigenvalue weighted by Crippen LogP contribution is 2.28. The number of carbonyl (C=O) groups excluding carboxylic acids is 1. The molecule has 1 fully saturated rings. The topological polar surface area (TPSA) is 63.2 Å². The van der Waals surface area contributed by atoms with Gasteiger partial charge in [-0.05, 0) is 36.0 Å². The Morgan fingerprint density at radius 3 is 2.45 bits per heavy atom. The van der Waals surface area contributed by atoms with E-state index >= 15 is 0 Å². The summed E-state index contributed by atoms with van der Waals surface area (Å²) in [6.45, 7) is 4.03. The van der Waals surface area contributed by atoms with Crippen LogP contribution in [0.2, 0.25) is 0 Å². The molecule has 4 nitrogen and oxygen atoms in total. The van der Waals surface area contributed by atoms with Crippen molar-refractivity contribution in [2.75, 3.05) is 11.5 Å². The SMILES string of the molecule is CC(C)C(CC(=O)NC1CCS(=O)(=O)C1)c1ccc(F)cc1. The number of rotatable bonds is 5. The molecule has 6 heteroatoms. The standard InChI is InChI=1S/C16H22FNO3S/c1-11(2)15(12-3-5-13(17)6-4-12)9-16(19)18-14-7-8-22(20,21)10-14/h3-6,11,14-15H,7-10H2,1-2H3,(H,18,19). The van der Waals surface area contributed by atoms with Crippen molar-refractivity contribution in [3.8, 4) is 0 Å². The van der Waals surface area contributed by atoms with E-state index in [-0.39, 0.29) is 47.5 Å². The van der Waals surface area contributed by atoms with Crippen LogP contribution in [0.4, 0.5) is 4.39 Å². The fraction of sp³-hybridized carbons (Fsp3) is 0.562. The lowest BCUT2D eigenvalue weighted by Crippen LogP contribution is -2.36. The number of amides is 1. The van der Waals surface area contributed by atoms with Gasteiger partial charge in [0.25, 0.3) is 0 Å². The molecule has 0 spiro atoms. The summed E-state index contributed by atoms with van der Waals surface area (Å²) < 4.78 is 35.9. The Morgan fingerprint density at radius 2 is 1.95 bits per heavy atom. The molecule has 1 saturated heterocycles. The third-order valence-corrected chi connectivity index (χ3v) is 5.87. The molecule has 1 aliphatic heterocycles. The van der Waals surface area contributed by atoms with Gasteiger partial charge in [-0.15, -0.1) is 0 Å². The molecule has 2 atom stereocenters. The van der Waals surface area contributed by atoms with Gasteiger partial charge in [-0.3, -0.25) is 4.79 Å². The lowest BCUT2D eigenvalue weighted by Gasteiger charge is -2.22. The van der Waals surface area contributed by atoms with Gasteiger partial charge in [-0.25, -0.2) is 12.8 Å². The molecular formula is C16H22FNO3S. The van der Waals surface area contributed by atoms with Crippen LogP contribution in [-0.4, -0.2) is 31.9 Å². The van der Waals surface area contributed by atoms with E-state index in [0.29, 0.717) is 6.42 Å². The summed E-state index contributed by atoms with van der Waals surface area (Å²) in [7, 11) is -3.00. The smallest absolute Gasteiger partial charge is 0.220 e. The third-order valence-electron chi connectivity index (χ3n) is 4.11. The molecule has 0 bridgehead atoms. The quantitative estimate of drug-likeness (QED) is 0.902. The molecule has 122 valence electrons. The van der Waals surface area contributed by atoms with Gasteiger partial charge in [0.2, 0.25) is 5.91 Å². The number of nitrogens with one attached hydrogen (secondary N) is 1. The molecule has 1 aromatic rings. The minimum absolute atomic E-state index is 0.0152. The first kappa shape index (κ1) is 16.9. The van der Waals surface area contributed by atoms with Crippen molar-refractivity contribution in [2.45, 2.75) is 38.6 Å². The van der Waals surface area contributed by atoms with E-state index in [4.69, 9.17) is 0 Å². The first-order valence-corrected chi connectivity index (χ1v) is 9.34. The fourth-order valence-electron chi connectivity index (χ4n) is 2.84. The van der Waals surface area contributed by atoms with Crippen LogP contribution < -0.4 is 5.32 Å². The Kier molecular flexibility index (Phi) is 5.21. The summed E-state index contributed by atoms with van der Waals surface area (Å²) in [5, 5.41) is 2.81. The Bertz CT molecular complexity index is 625. The molecule has 0 aromatic heterocycles. The maximum Gasteiger partial charge on any atom is 0.220 e. The number of sulfone groups is 1. The molecule has 1 N–H and O–H groups in total. The molecule has 0 aliphatic carbocycles. The van der Waals surface area contributed by atoms with Crippen LogP contribution >= 0.6 is 0 Å². The van der Waals surface area contributed by atoms with Gasteiger partial charge in [0.05, 0.1) is 11.5 Å². The highest BCUT2D eigenvalue weighted by Gasteiger charge is 2.29. The summed E-state index contributed by atoms with van der Waals surface area (Å²) in [5.74, 6) is -0.0651. The minimum atomic E-state index is -3.00. The molecule has 1 heterocycles. The van der Waals surface area contributed by atoms with Crippen LogP contribution in [0.1, 0.15) is 38.2 Å². The van der Waals surface area contributed by atoms with E-state index in [1.54, 1.807) is 12.1 Å². The summed E-state index contributed by atoms with van der Waals surface area (Å²) in [6.07, 6.45) is 0.761. The highest BCUT2D eigenvalue weighted by molar-refractivity contribution is 7.91. The van der Waals surface area contributed by atoms with E-state index in [1.807, 2.05) is 13.8 Å². The van der Waals surface area contributed by atoms with Crippen LogP contribution in [0.3, 0.4) is 0 Å². The minimum Gasteiger partial charge on any atom is -0.352 e. The zero-order chi connectivity index (χ0) is 16.3. The second kappa shape index (κ2) is 6.77. The lowest BCUT2D eigenvalue weighted by molar-refractivity contribution is -0.122. The second-order valence-electron chi connectivity index (χ2n) is 6.27. The highest BCUT2D eigenvalue weighted by atomic mass is 32.2. The van der Waals surface area contributed by atoms with Crippen molar-refractivity contribution >= 4 is 15.7 Å². The number of halogens is 1. The predicted molar refractivity (Wildman–Crippen MR) is 83.8 cm³/mol. The van der Waals surface area contributed by atoms with Crippen molar-refractivity contribution in [1.29, 1.82) is 0 Å².